The predicted octanol–water partition coefficient (Wildman–Crippen LogP) is 3.22. The number of terminal acetylenes is 1. The lowest BCUT2D eigenvalue weighted by molar-refractivity contribution is -0.137. The van der Waals surface area contributed by atoms with Gasteiger partial charge in [0.05, 0.1) is 0 Å². The van der Waals surface area contributed by atoms with Gasteiger partial charge in [-0.05, 0) is 24.7 Å². The van der Waals surface area contributed by atoms with Crippen molar-refractivity contribution in [3.63, 3.8) is 0 Å². The minimum absolute atomic E-state index is 0.307. The second-order valence-corrected chi connectivity index (χ2v) is 3.81. The normalized spacial score (nSPS) is 8.94. The van der Waals surface area contributed by atoms with Crippen molar-refractivity contribution < 1.29 is 9.90 Å². The number of hydrogen-bond acceptors (Lipinski definition) is 1. The van der Waals surface area contributed by atoms with E-state index in [0.717, 1.165) is 32.1 Å². The molecule has 2 nitrogen and oxygen atoms in total. The molecule has 0 aliphatic carbocycles. The SMILES string of the molecule is C#CC#CCCCCCCCCCC(=O)O. The van der Waals surface area contributed by atoms with Crippen LogP contribution in [0.25, 0.3) is 0 Å². The zero-order valence-electron chi connectivity index (χ0n) is 9.80. The molecule has 0 heterocycles. The highest BCUT2D eigenvalue weighted by atomic mass is 16.4. The summed E-state index contributed by atoms with van der Waals surface area (Å²) in [5, 5.41) is 8.43. The Bertz CT molecular complexity index is 275. The Morgan fingerprint density at radius 1 is 1.00 bits per heavy atom. The number of rotatable bonds is 9. The molecule has 0 amide bonds. The Kier molecular flexibility index (Phi) is 10.6. The number of hydrogen-bond donors (Lipinski definition) is 1. The lowest BCUT2D eigenvalue weighted by atomic mass is 10.1. The summed E-state index contributed by atoms with van der Waals surface area (Å²) in [5.41, 5.74) is 0. The molecule has 0 bridgehead atoms. The van der Waals surface area contributed by atoms with Gasteiger partial charge in [-0.15, -0.1) is 6.42 Å². The number of unbranched alkanes of at least 4 members (excludes halogenated alkanes) is 7. The third-order valence-corrected chi connectivity index (χ3v) is 2.35. The summed E-state index contributed by atoms with van der Waals surface area (Å²) in [6.45, 7) is 0. The quantitative estimate of drug-likeness (QED) is 0.478. The molecule has 1 N–H and O–H groups in total. The summed E-state index contributed by atoms with van der Waals surface area (Å²) >= 11 is 0. The molecule has 0 spiro atoms. The van der Waals surface area contributed by atoms with Crippen molar-refractivity contribution in [3.05, 3.63) is 0 Å². The standard InChI is InChI=1S/C14H20O2/c1-2-3-4-5-6-7-8-9-10-11-12-13-14(15)16/h1H,5-13H2,(H,15,16). The topological polar surface area (TPSA) is 37.3 Å². The Morgan fingerprint density at radius 2 is 1.56 bits per heavy atom. The van der Waals surface area contributed by atoms with Crippen LogP contribution in [0.3, 0.4) is 0 Å². The van der Waals surface area contributed by atoms with E-state index in [-0.39, 0.29) is 0 Å². The van der Waals surface area contributed by atoms with E-state index in [4.69, 9.17) is 11.5 Å². The van der Waals surface area contributed by atoms with Crippen LogP contribution in [0.5, 0.6) is 0 Å². The minimum atomic E-state index is -0.688. The maximum atomic E-state index is 10.2. The van der Waals surface area contributed by atoms with Crippen molar-refractivity contribution in [3.8, 4) is 24.2 Å². The molecule has 0 radical (unpaired) electrons. The smallest absolute Gasteiger partial charge is 0.303 e. The van der Waals surface area contributed by atoms with Gasteiger partial charge in [0.25, 0.3) is 0 Å². The lowest BCUT2D eigenvalue weighted by Crippen LogP contribution is -1.93. The molecule has 88 valence electrons. The van der Waals surface area contributed by atoms with Crippen LogP contribution in [0.15, 0.2) is 0 Å². The van der Waals surface area contributed by atoms with Crippen LogP contribution in [-0.2, 0) is 4.79 Å². The molecule has 0 aromatic rings. The van der Waals surface area contributed by atoms with Crippen molar-refractivity contribution in [1.82, 2.24) is 0 Å². The van der Waals surface area contributed by atoms with Gasteiger partial charge in [-0.2, -0.15) is 0 Å². The number of aliphatic carboxylic acids is 1. The molecule has 0 aliphatic heterocycles. The Balaban J connectivity index is 3.05. The van der Waals surface area contributed by atoms with Crippen LogP contribution < -0.4 is 0 Å². The predicted molar refractivity (Wildman–Crippen MR) is 65.8 cm³/mol. The van der Waals surface area contributed by atoms with Crippen LogP contribution in [0.2, 0.25) is 0 Å². The lowest BCUT2D eigenvalue weighted by Gasteiger charge is -1.99. The molecular formula is C14H20O2. The van der Waals surface area contributed by atoms with E-state index in [1.54, 1.807) is 0 Å². The summed E-state index contributed by atoms with van der Waals surface area (Å²) in [4.78, 5) is 10.2. The highest BCUT2D eigenvalue weighted by Gasteiger charge is 1.96. The third-order valence-electron chi connectivity index (χ3n) is 2.35. The van der Waals surface area contributed by atoms with E-state index in [1.807, 2.05) is 0 Å². The zero-order chi connectivity index (χ0) is 12.1. The van der Waals surface area contributed by atoms with E-state index < -0.39 is 5.97 Å². The summed E-state index contributed by atoms with van der Waals surface area (Å²) in [6, 6.07) is 0. The molecular weight excluding hydrogens is 200 g/mol. The molecule has 0 aromatic heterocycles. The van der Waals surface area contributed by atoms with Crippen molar-refractivity contribution in [1.29, 1.82) is 0 Å². The molecule has 0 rings (SSSR count). The third kappa shape index (κ3) is 12.6. The van der Waals surface area contributed by atoms with E-state index in [1.165, 1.54) is 19.3 Å². The van der Waals surface area contributed by atoms with E-state index in [0.29, 0.717) is 6.42 Å². The van der Waals surface area contributed by atoms with Crippen molar-refractivity contribution >= 4 is 5.97 Å². The van der Waals surface area contributed by atoms with Crippen LogP contribution >= 0.6 is 0 Å². The Morgan fingerprint density at radius 3 is 2.12 bits per heavy atom. The Hall–Kier alpha value is -1.41. The van der Waals surface area contributed by atoms with Crippen molar-refractivity contribution in [2.45, 2.75) is 57.8 Å². The van der Waals surface area contributed by atoms with Gasteiger partial charge < -0.3 is 5.11 Å². The van der Waals surface area contributed by atoms with Gasteiger partial charge in [0.1, 0.15) is 0 Å². The molecule has 2 heteroatoms. The first-order valence-electron chi connectivity index (χ1n) is 5.92. The van der Waals surface area contributed by atoms with E-state index in [2.05, 4.69) is 17.8 Å². The second kappa shape index (κ2) is 11.7. The number of carboxylic acid groups (broad SMARTS) is 1. The largest absolute Gasteiger partial charge is 0.481 e. The molecule has 16 heavy (non-hydrogen) atoms. The summed E-state index contributed by atoms with van der Waals surface area (Å²) < 4.78 is 0. The maximum Gasteiger partial charge on any atom is 0.303 e. The van der Waals surface area contributed by atoms with Crippen LogP contribution in [0.1, 0.15) is 57.8 Å². The highest BCUT2D eigenvalue weighted by Crippen LogP contribution is 2.09. The Labute approximate surface area is 98.4 Å². The van der Waals surface area contributed by atoms with Gasteiger partial charge in [-0.25, -0.2) is 0 Å². The van der Waals surface area contributed by atoms with E-state index >= 15 is 0 Å². The van der Waals surface area contributed by atoms with Gasteiger partial charge in [0.15, 0.2) is 0 Å². The first-order valence-corrected chi connectivity index (χ1v) is 5.92. The summed E-state index contributed by atoms with van der Waals surface area (Å²) in [5.74, 6) is 7.11. The fourth-order valence-electron chi connectivity index (χ4n) is 1.49. The minimum Gasteiger partial charge on any atom is -0.481 e. The molecule has 0 saturated carbocycles. The average Bonchev–Trinajstić information content (AvgIpc) is 2.25. The van der Waals surface area contributed by atoms with Crippen LogP contribution in [0, 0.1) is 24.2 Å². The number of carboxylic acids is 1. The van der Waals surface area contributed by atoms with Crippen LogP contribution in [0.4, 0.5) is 0 Å². The molecule has 0 aliphatic rings. The van der Waals surface area contributed by atoms with E-state index in [9.17, 15) is 4.79 Å². The molecule has 0 saturated heterocycles. The van der Waals surface area contributed by atoms with Gasteiger partial charge >= 0.3 is 5.97 Å². The van der Waals surface area contributed by atoms with Crippen LogP contribution in [-0.4, -0.2) is 11.1 Å². The highest BCUT2D eigenvalue weighted by molar-refractivity contribution is 5.66. The summed E-state index contributed by atoms with van der Waals surface area (Å²) in [6.07, 6.45) is 13.9. The van der Waals surface area contributed by atoms with Gasteiger partial charge in [-0.3, -0.25) is 4.79 Å². The molecule has 0 unspecified atom stereocenters. The van der Waals surface area contributed by atoms with Gasteiger partial charge in [0.2, 0.25) is 0 Å². The number of carbonyl (C=O) groups is 1. The first-order chi connectivity index (χ1) is 7.77. The fourth-order valence-corrected chi connectivity index (χ4v) is 1.49. The van der Waals surface area contributed by atoms with Gasteiger partial charge in [0, 0.05) is 12.8 Å². The maximum absolute atomic E-state index is 10.2. The molecule has 0 fully saturated rings. The average molecular weight is 220 g/mol. The first kappa shape index (κ1) is 14.6. The fraction of sp³-hybridized carbons (Fsp3) is 0.643. The van der Waals surface area contributed by atoms with Crippen molar-refractivity contribution in [2.24, 2.45) is 0 Å². The monoisotopic (exact) mass is 220 g/mol. The second-order valence-electron chi connectivity index (χ2n) is 3.81. The van der Waals surface area contributed by atoms with Gasteiger partial charge in [-0.1, -0.05) is 38.0 Å². The summed E-state index contributed by atoms with van der Waals surface area (Å²) in [7, 11) is 0. The van der Waals surface area contributed by atoms with Crippen molar-refractivity contribution in [2.75, 3.05) is 0 Å². The molecule has 0 atom stereocenters. The zero-order valence-corrected chi connectivity index (χ0v) is 9.80. The molecule has 0 aromatic carbocycles.